The Morgan fingerprint density at radius 2 is 1.60 bits per heavy atom. The Morgan fingerprint density at radius 3 is 2.17 bits per heavy atom. The number of halogens is 3. The summed E-state index contributed by atoms with van der Waals surface area (Å²) >= 11 is 1.82. The highest BCUT2D eigenvalue weighted by Gasteiger charge is 2.43. The normalized spacial score (nSPS) is 24.8. The molecule has 8 heteroatoms. The van der Waals surface area contributed by atoms with Crippen molar-refractivity contribution in [3.05, 3.63) is 35.4 Å². The number of hydrogen-bond acceptors (Lipinski definition) is 3. The topological polar surface area (TPSA) is 52.7 Å². The molecule has 0 spiro atoms. The maximum Gasteiger partial charge on any atom is 0.281 e. The summed E-state index contributed by atoms with van der Waals surface area (Å²) < 4.78 is 28.8. The van der Waals surface area contributed by atoms with Crippen molar-refractivity contribution in [2.75, 3.05) is 26.2 Å². The van der Waals surface area contributed by atoms with Gasteiger partial charge in [-0.1, -0.05) is 31.7 Å². The lowest BCUT2D eigenvalue weighted by Crippen LogP contribution is -2.53. The molecule has 0 aromatic heterocycles. The van der Waals surface area contributed by atoms with Crippen LogP contribution < -0.4 is 5.32 Å². The molecule has 5 nitrogen and oxygen atoms in total. The summed E-state index contributed by atoms with van der Waals surface area (Å²) in [5.41, 5.74) is 0.0943. The van der Waals surface area contributed by atoms with Gasteiger partial charge in [0.05, 0.1) is 0 Å². The van der Waals surface area contributed by atoms with Crippen molar-refractivity contribution < 1.29 is 18.4 Å². The molecule has 224 valence electrons. The third-order valence-electron chi connectivity index (χ3n) is 9.89. The fourth-order valence-corrected chi connectivity index (χ4v) is 8.50. The van der Waals surface area contributed by atoms with Crippen LogP contribution in [0.3, 0.4) is 0 Å². The van der Waals surface area contributed by atoms with Crippen LogP contribution in [0, 0.1) is 35.3 Å². The van der Waals surface area contributed by atoms with Crippen LogP contribution in [0.4, 0.5) is 13.6 Å². The summed E-state index contributed by atoms with van der Waals surface area (Å²) in [4.78, 5) is 30.2. The monoisotopic (exact) mass is 671 g/mol. The average Bonchev–Trinajstić information content (AvgIpc) is 3.40. The third-order valence-corrected chi connectivity index (χ3v) is 10.2. The van der Waals surface area contributed by atoms with Gasteiger partial charge in [-0.2, -0.15) is 0 Å². The molecule has 2 amide bonds. The molecule has 3 fully saturated rings. The molecule has 2 aliphatic heterocycles. The molecule has 1 aromatic rings. The first-order valence-corrected chi connectivity index (χ1v) is 16.3. The van der Waals surface area contributed by atoms with E-state index in [0.717, 1.165) is 45.0 Å². The van der Waals surface area contributed by atoms with Crippen molar-refractivity contribution in [1.82, 2.24) is 15.1 Å². The molecular formula is C32H48F2IN3O2. The minimum Gasteiger partial charge on any atom is -0.343 e. The van der Waals surface area contributed by atoms with E-state index in [1.807, 2.05) is 27.5 Å². The largest absolute Gasteiger partial charge is 0.343 e. The van der Waals surface area contributed by atoms with E-state index in [4.69, 9.17) is 0 Å². The molecule has 0 radical (unpaired) electrons. The lowest BCUT2D eigenvalue weighted by Gasteiger charge is -2.47. The lowest BCUT2D eigenvalue weighted by molar-refractivity contribution is -0.140. The van der Waals surface area contributed by atoms with Crippen molar-refractivity contribution >= 4 is 32.4 Å². The number of rotatable bonds is 7. The summed E-state index contributed by atoms with van der Waals surface area (Å²) in [5, 5.41) is 3.15. The van der Waals surface area contributed by atoms with Gasteiger partial charge in [0, 0.05) is 71.2 Å². The molecule has 3 atom stereocenters. The van der Waals surface area contributed by atoms with Crippen molar-refractivity contribution in [1.29, 1.82) is 0 Å². The molecule has 1 N–H and O–H groups in total. The zero-order chi connectivity index (χ0) is 29.2. The number of carbonyl (C=O) groups is 2. The zero-order valence-corrected chi connectivity index (χ0v) is 27.1. The number of benzene rings is 1. The first-order chi connectivity index (χ1) is 18.7. The van der Waals surface area contributed by atoms with Gasteiger partial charge >= 0.3 is 0 Å². The van der Waals surface area contributed by atoms with Crippen molar-refractivity contribution in [3.63, 3.8) is 0 Å². The quantitative estimate of drug-likeness (QED) is 0.185. The maximum atomic E-state index is 15.0. The van der Waals surface area contributed by atoms with E-state index in [1.54, 1.807) is 0 Å². The van der Waals surface area contributed by atoms with E-state index in [0.29, 0.717) is 36.3 Å². The van der Waals surface area contributed by atoms with Gasteiger partial charge in [-0.05, 0) is 96.2 Å². The second-order valence-corrected chi connectivity index (χ2v) is 15.1. The summed E-state index contributed by atoms with van der Waals surface area (Å²) in [6.45, 7) is 13.5. The van der Waals surface area contributed by atoms with Gasteiger partial charge < -0.3 is 10.2 Å². The van der Waals surface area contributed by atoms with E-state index in [9.17, 15) is 14.0 Å². The van der Waals surface area contributed by atoms with Gasteiger partial charge in [0.1, 0.15) is 11.6 Å². The second kappa shape index (κ2) is 12.9. The minimum atomic E-state index is -0.590. The SMILES string of the molecule is CC(C)(CC(C1CCCC1)C1CCN(C(=O)[C@@H]2CCN(C(C)(C)C)C[C@H]2c2ccc(F)cc2F)CC1)NC(=O)I. The molecule has 0 bridgehead atoms. The van der Waals surface area contributed by atoms with E-state index in [-0.39, 0.29) is 32.7 Å². The third kappa shape index (κ3) is 7.75. The Kier molecular flexibility index (Phi) is 10.2. The molecule has 1 unspecified atom stereocenters. The Morgan fingerprint density at radius 1 is 0.975 bits per heavy atom. The van der Waals surface area contributed by atoms with Gasteiger partial charge in [0.2, 0.25) is 5.91 Å². The number of amides is 2. The standard InChI is InChI=1S/C32H48F2IN3O2/c1-31(2,3)38-17-14-25(27(20-38)24-11-10-23(33)18-28(24)34)29(39)37-15-12-22(13-16-37)26(21-8-6-7-9-21)19-32(4,5)36-30(35)40/h10-11,18,21-22,25-27H,6-9,12-17,19-20H2,1-5H3,(H,36,40)/t25-,26?,27+/m1/s1. The molecule has 1 aromatic carbocycles. The molecule has 3 aliphatic rings. The van der Waals surface area contributed by atoms with E-state index < -0.39 is 11.6 Å². The Balaban J connectivity index is 1.47. The lowest BCUT2D eigenvalue weighted by atomic mass is 9.70. The number of carbonyl (C=O) groups excluding carboxylic acids is 2. The number of hydrogen-bond donors (Lipinski definition) is 1. The van der Waals surface area contributed by atoms with Crippen molar-refractivity contribution in [2.24, 2.45) is 23.7 Å². The van der Waals surface area contributed by atoms with Gasteiger partial charge in [0.25, 0.3) is 3.91 Å². The van der Waals surface area contributed by atoms with E-state index in [2.05, 4.69) is 44.8 Å². The highest BCUT2D eigenvalue weighted by atomic mass is 127. The van der Waals surface area contributed by atoms with Crippen LogP contribution in [0.15, 0.2) is 18.2 Å². The van der Waals surface area contributed by atoms with Gasteiger partial charge in [-0.25, -0.2) is 8.78 Å². The number of nitrogens with one attached hydrogen (secondary N) is 1. The predicted octanol–water partition coefficient (Wildman–Crippen LogP) is 7.53. The first kappa shape index (κ1) is 31.6. The van der Waals surface area contributed by atoms with Gasteiger partial charge in [-0.3, -0.25) is 14.5 Å². The second-order valence-electron chi connectivity index (χ2n) is 14.1. The average molecular weight is 672 g/mol. The minimum absolute atomic E-state index is 0.0159. The predicted molar refractivity (Wildman–Crippen MR) is 165 cm³/mol. The fraction of sp³-hybridized carbons (Fsp3) is 0.750. The Labute approximate surface area is 253 Å². The van der Waals surface area contributed by atoms with Crippen molar-refractivity contribution in [2.45, 2.75) is 103 Å². The zero-order valence-electron chi connectivity index (χ0n) is 24.9. The van der Waals surface area contributed by atoms with Crippen LogP contribution >= 0.6 is 22.6 Å². The molecular weight excluding hydrogens is 623 g/mol. The van der Waals surface area contributed by atoms with Gasteiger partial charge in [-0.15, -0.1) is 0 Å². The molecule has 2 heterocycles. The number of likely N-dealkylation sites (tertiary alicyclic amines) is 2. The molecule has 1 aliphatic carbocycles. The molecule has 4 rings (SSSR count). The first-order valence-electron chi connectivity index (χ1n) is 15.2. The smallest absolute Gasteiger partial charge is 0.281 e. The van der Waals surface area contributed by atoms with Crippen LogP contribution in [0.1, 0.15) is 97.5 Å². The summed E-state index contributed by atoms with van der Waals surface area (Å²) in [6, 6.07) is 3.80. The van der Waals surface area contributed by atoms with Crippen LogP contribution in [0.2, 0.25) is 0 Å². The molecule has 1 saturated carbocycles. The number of nitrogens with zero attached hydrogens (tertiary/aromatic N) is 2. The van der Waals surface area contributed by atoms with E-state index >= 15 is 4.39 Å². The highest BCUT2D eigenvalue weighted by molar-refractivity contribution is 14.1. The molecule has 2 saturated heterocycles. The maximum absolute atomic E-state index is 15.0. The van der Waals surface area contributed by atoms with Crippen LogP contribution in [0.5, 0.6) is 0 Å². The summed E-state index contributed by atoms with van der Waals surface area (Å²) in [7, 11) is 0. The Bertz CT molecular complexity index is 1050. The summed E-state index contributed by atoms with van der Waals surface area (Å²) in [5.74, 6) is 0.118. The fourth-order valence-electron chi connectivity index (χ4n) is 7.77. The van der Waals surface area contributed by atoms with Crippen LogP contribution in [-0.2, 0) is 4.79 Å². The number of piperidine rings is 2. The highest BCUT2D eigenvalue weighted by Crippen LogP contribution is 2.44. The van der Waals surface area contributed by atoms with E-state index in [1.165, 1.54) is 37.8 Å². The van der Waals surface area contributed by atoms with Gasteiger partial charge in [0.15, 0.2) is 0 Å². The molecule has 40 heavy (non-hydrogen) atoms. The Hall–Kier alpha value is -1.29. The van der Waals surface area contributed by atoms with Crippen LogP contribution in [0.25, 0.3) is 0 Å². The van der Waals surface area contributed by atoms with Crippen molar-refractivity contribution in [3.8, 4) is 0 Å². The summed E-state index contributed by atoms with van der Waals surface area (Å²) in [6.07, 6.45) is 8.66. The van der Waals surface area contributed by atoms with Crippen LogP contribution in [-0.4, -0.2) is 56.9 Å².